The predicted octanol–water partition coefficient (Wildman–Crippen LogP) is 1.02. The molecule has 0 spiro atoms. The molecule has 1 atom stereocenters. The first-order chi connectivity index (χ1) is 10.1. The number of nitrogens with one attached hydrogen (secondary N) is 2. The predicted molar refractivity (Wildman–Crippen MR) is 78.5 cm³/mol. The van der Waals surface area contributed by atoms with Gasteiger partial charge in [-0.1, -0.05) is 6.92 Å². The lowest BCUT2D eigenvalue weighted by Gasteiger charge is -2.11. The zero-order valence-electron chi connectivity index (χ0n) is 12.2. The highest BCUT2D eigenvalue weighted by Crippen LogP contribution is 2.28. The van der Waals surface area contributed by atoms with Crippen molar-refractivity contribution < 1.29 is 14.8 Å². The molecule has 1 rings (SSSR count). The lowest BCUT2D eigenvalue weighted by atomic mass is 10.2. The van der Waals surface area contributed by atoms with E-state index in [0.717, 1.165) is 6.42 Å². The van der Waals surface area contributed by atoms with E-state index in [9.17, 15) is 15.2 Å². The van der Waals surface area contributed by atoms with E-state index in [-0.39, 0.29) is 23.9 Å². The van der Waals surface area contributed by atoms with Crippen molar-refractivity contribution in [1.29, 1.82) is 0 Å². The van der Waals surface area contributed by atoms with Gasteiger partial charge in [0, 0.05) is 20.2 Å². The van der Waals surface area contributed by atoms with E-state index in [0.29, 0.717) is 19.5 Å². The minimum Gasteiger partial charge on any atom is -0.391 e. The van der Waals surface area contributed by atoms with E-state index < -0.39 is 11.0 Å². The highest BCUT2D eigenvalue weighted by Gasteiger charge is 2.22. The Morgan fingerprint density at radius 1 is 1.38 bits per heavy atom. The molecule has 9 heteroatoms. The van der Waals surface area contributed by atoms with Crippen LogP contribution in [0.25, 0.3) is 0 Å². The molecule has 0 aliphatic carbocycles. The summed E-state index contributed by atoms with van der Waals surface area (Å²) in [7, 11) is 1.50. The Morgan fingerprint density at radius 3 is 2.52 bits per heavy atom. The summed E-state index contributed by atoms with van der Waals surface area (Å²) >= 11 is 0. The largest absolute Gasteiger partial charge is 0.391 e. The number of ether oxygens (including phenoxy) is 1. The fourth-order valence-corrected chi connectivity index (χ4v) is 1.69. The summed E-state index contributed by atoms with van der Waals surface area (Å²) in [6.45, 7) is 3.10. The fraction of sp³-hybridized carbons (Fsp3) is 0.667. The second kappa shape index (κ2) is 9.03. The zero-order valence-corrected chi connectivity index (χ0v) is 12.2. The van der Waals surface area contributed by atoms with E-state index in [1.54, 1.807) is 0 Å². The second-order valence-corrected chi connectivity index (χ2v) is 4.43. The summed E-state index contributed by atoms with van der Waals surface area (Å²) in [6, 6.07) is 0. The normalized spacial score (nSPS) is 12.0. The Morgan fingerprint density at radius 2 is 2.00 bits per heavy atom. The molecule has 0 amide bonds. The summed E-state index contributed by atoms with van der Waals surface area (Å²) in [5, 5.41) is 26.5. The monoisotopic (exact) mass is 299 g/mol. The van der Waals surface area contributed by atoms with Gasteiger partial charge in [-0.05, 0) is 12.8 Å². The van der Waals surface area contributed by atoms with Crippen LogP contribution in [0.4, 0.5) is 17.3 Å². The van der Waals surface area contributed by atoms with Gasteiger partial charge in [-0.15, -0.1) is 0 Å². The number of hydrogen-bond acceptors (Lipinski definition) is 8. The molecule has 0 aromatic carbocycles. The second-order valence-electron chi connectivity index (χ2n) is 4.43. The molecular weight excluding hydrogens is 278 g/mol. The Balaban J connectivity index is 2.74. The maximum atomic E-state index is 11.2. The van der Waals surface area contributed by atoms with E-state index in [4.69, 9.17) is 4.74 Å². The van der Waals surface area contributed by atoms with Crippen LogP contribution in [0.5, 0.6) is 0 Å². The molecule has 1 unspecified atom stereocenters. The van der Waals surface area contributed by atoms with Crippen molar-refractivity contribution in [3.63, 3.8) is 0 Å². The number of rotatable bonds is 10. The van der Waals surface area contributed by atoms with Crippen LogP contribution in [0.2, 0.25) is 0 Å². The van der Waals surface area contributed by atoms with E-state index >= 15 is 0 Å². The zero-order chi connectivity index (χ0) is 15.7. The molecule has 1 aromatic rings. The Kier molecular flexibility index (Phi) is 7.33. The molecule has 118 valence electrons. The maximum absolute atomic E-state index is 11.2. The van der Waals surface area contributed by atoms with Crippen LogP contribution in [-0.2, 0) is 4.74 Å². The van der Waals surface area contributed by atoms with Gasteiger partial charge in [0.05, 0.1) is 17.6 Å². The highest BCUT2D eigenvalue weighted by atomic mass is 16.6. The lowest BCUT2D eigenvalue weighted by Crippen LogP contribution is -2.19. The number of anilines is 2. The van der Waals surface area contributed by atoms with Gasteiger partial charge in [-0.25, -0.2) is 9.97 Å². The molecule has 0 aliphatic rings. The Bertz CT molecular complexity index is 457. The third-order valence-electron chi connectivity index (χ3n) is 2.68. The van der Waals surface area contributed by atoms with Crippen LogP contribution in [0, 0.1) is 10.1 Å². The molecule has 1 heterocycles. The Hall–Kier alpha value is -2.00. The molecule has 0 aliphatic heterocycles. The molecule has 1 aromatic heterocycles. The summed E-state index contributed by atoms with van der Waals surface area (Å²) < 4.78 is 4.81. The number of nitrogens with zero attached hydrogens (tertiary/aromatic N) is 3. The molecule has 0 fully saturated rings. The molecule has 0 bridgehead atoms. The lowest BCUT2D eigenvalue weighted by molar-refractivity contribution is -0.383. The van der Waals surface area contributed by atoms with Crippen molar-refractivity contribution in [3.8, 4) is 0 Å². The van der Waals surface area contributed by atoms with Crippen molar-refractivity contribution in [2.45, 2.75) is 25.9 Å². The topological polar surface area (TPSA) is 122 Å². The van der Waals surface area contributed by atoms with Gasteiger partial charge in [-0.2, -0.15) is 0 Å². The molecule has 3 N–H and O–H groups in total. The maximum Gasteiger partial charge on any atom is 0.353 e. The van der Waals surface area contributed by atoms with Gasteiger partial charge >= 0.3 is 5.69 Å². The summed E-state index contributed by atoms with van der Waals surface area (Å²) in [5.74, 6) is 0.329. The van der Waals surface area contributed by atoms with E-state index in [2.05, 4.69) is 20.6 Å². The third kappa shape index (κ3) is 5.48. The van der Waals surface area contributed by atoms with Gasteiger partial charge in [0.25, 0.3) is 0 Å². The van der Waals surface area contributed by atoms with E-state index in [1.165, 1.54) is 13.4 Å². The van der Waals surface area contributed by atoms with E-state index in [1.807, 2.05) is 6.92 Å². The van der Waals surface area contributed by atoms with Crippen LogP contribution in [0.15, 0.2) is 6.33 Å². The molecular formula is C12H21N5O4. The molecule has 0 saturated carbocycles. The van der Waals surface area contributed by atoms with Gasteiger partial charge in [-0.3, -0.25) is 10.1 Å². The van der Waals surface area contributed by atoms with Crippen LogP contribution in [0.1, 0.15) is 19.8 Å². The highest BCUT2D eigenvalue weighted by molar-refractivity contribution is 5.69. The quantitative estimate of drug-likeness (QED) is 0.432. The minimum absolute atomic E-state index is 0.137. The van der Waals surface area contributed by atoms with Crippen LogP contribution >= 0.6 is 0 Å². The van der Waals surface area contributed by atoms with Crippen LogP contribution in [0.3, 0.4) is 0 Å². The van der Waals surface area contributed by atoms with Crippen molar-refractivity contribution in [3.05, 3.63) is 16.4 Å². The summed E-state index contributed by atoms with van der Waals surface area (Å²) in [6.07, 6.45) is 1.86. The smallest absolute Gasteiger partial charge is 0.353 e. The number of aliphatic hydroxyl groups is 1. The van der Waals surface area contributed by atoms with Gasteiger partial charge in [0.2, 0.25) is 11.6 Å². The molecule has 21 heavy (non-hydrogen) atoms. The molecule has 0 saturated heterocycles. The first-order valence-corrected chi connectivity index (χ1v) is 6.74. The van der Waals surface area contributed by atoms with Crippen molar-refractivity contribution in [2.75, 3.05) is 37.4 Å². The number of aliphatic hydroxyl groups excluding tert-OH is 1. The van der Waals surface area contributed by atoms with Crippen molar-refractivity contribution in [2.24, 2.45) is 0 Å². The van der Waals surface area contributed by atoms with Gasteiger partial charge < -0.3 is 20.5 Å². The number of hydrogen-bond donors (Lipinski definition) is 3. The Labute approximate surface area is 122 Å². The number of nitro groups is 1. The third-order valence-corrected chi connectivity index (χ3v) is 2.68. The van der Waals surface area contributed by atoms with Crippen LogP contribution in [-0.4, -0.2) is 52.9 Å². The molecule has 9 nitrogen and oxygen atoms in total. The first-order valence-electron chi connectivity index (χ1n) is 6.74. The fourth-order valence-electron chi connectivity index (χ4n) is 1.69. The van der Waals surface area contributed by atoms with Gasteiger partial charge in [0.15, 0.2) is 0 Å². The van der Waals surface area contributed by atoms with Crippen LogP contribution < -0.4 is 10.6 Å². The average Bonchev–Trinajstić information content (AvgIpc) is 2.45. The van der Waals surface area contributed by atoms with Gasteiger partial charge in [0.1, 0.15) is 6.33 Å². The summed E-state index contributed by atoms with van der Waals surface area (Å²) in [4.78, 5) is 18.5. The standard InChI is InChI=1S/C12H21N5O4/c1-3-5-13-11-10(17(19)20)12(16-8-15-11)14-6-4-9(18)7-21-2/h8-9,18H,3-7H2,1-2H3,(H2,13,14,15,16). The minimum atomic E-state index is -0.624. The molecule has 0 radical (unpaired) electrons. The summed E-state index contributed by atoms with van der Waals surface area (Å²) in [5.41, 5.74) is -0.188. The van der Waals surface area contributed by atoms with Crippen molar-refractivity contribution in [1.82, 2.24) is 9.97 Å². The SMILES string of the molecule is CCCNc1ncnc(NCCC(O)COC)c1[N+](=O)[O-]. The number of aromatic nitrogens is 2. The average molecular weight is 299 g/mol. The first kappa shape index (κ1) is 17.1. The van der Waals surface area contributed by atoms with Crippen molar-refractivity contribution >= 4 is 17.3 Å². The number of methoxy groups -OCH3 is 1.